The van der Waals surface area contributed by atoms with Gasteiger partial charge in [0.2, 0.25) is 0 Å². The first-order chi connectivity index (χ1) is 10.3. The van der Waals surface area contributed by atoms with Gasteiger partial charge in [-0.15, -0.1) is 0 Å². The predicted octanol–water partition coefficient (Wildman–Crippen LogP) is 4.05. The van der Waals surface area contributed by atoms with Gasteiger partial charge in [-0.2, -0.15) is 0 Å². The van der Waals surface area contributed by atoms with Crippen molar-refractivity contribution in [2.24, 2.45) is 0 Å². The second kappa shape index (κ2) is 6.19. The Morgan fingerprint density at radius 2 is 1.86 bits per heavy atom. The Kier molecular flexibility index (Phi) is 4.11. The first-order valence-electron chi connectivity index (χ1n) is 7.40. The lowest BCUT2D eigenvalue weighted by Gasteiger charge is -2.12. The van der Waals surface area contributed by atoms with Gasteiger partial charge in [0.05, 0.1) is 7.11 Å². The van der Waals surface area contributed by atoms with Gasteiger partial charge < -0.3 is 14.8 Å². The molecular formula is C18H21NO2. The largest absolute Gasteiger partial charge is 0.493 e. The Bertz CT molecular complexity index is 620. The molecule has 1 aliphatic carbocycles. The molecule has 0 spiro atoms. The lowest BCUT2D eigenvalue weighted by Crippen LogP contribution is -2.15. The highest BCUT2D eigenvalue weighted by molar-refractivity contribution is 5.44. The number of hydrogen-bond donors (Lipinski definition) is 1. The van der Waals surface area contributed by atoms with Crippen LogP contribution in [0.25, 0.3) is 0 Å². The molecule has 0 bridgehead atoms. The van der Waals surface area contributed by atoms with E-state index in [2.05, 4.69) is 24.4 Å². The maximum Gasteiger partial charge on any atom is 0.169 e. The quantitative estimate of drug-likeness (QED) is 0.867. The third-order valence-electron chi connectivity index (χ3n) is 3.77. The fraction of sp³-hybridized carbons (Fsp3) is 0.333. The molecule has 0 atom stereocenters. The zero-order chi connectivity index (χ0) is 14.7. The summed E-state index contributed by atoms with van der Waals surface area (Å²) in [6, 6.07) is 14.7. The van der Waals surface area contributed by atoms with E-state index in [1.165, 1.54) is 24.0 Å². The van der Waals surface area contributed by atoms with Crippen molar-refractivity contribution in [1.82, 2.24) is 5.32 Å². The Morgan fingerprint density at radius 3 is 2.52 bits per heavy atom. The fourth-order valence-electron chi connectivity index (χ4n) is 2.30. The molecule has 0 amide bonds. The molecule has 1 fully saturated rings. The number of para-hydroxylation sites is 2. The van der Waals surface area contributed by atoms with Crippen LogP contribution < -0.4 is 14.8 Å². The van der Waals surface area contributed by atoms with Gasteiger partial charge >= 0.3 is 0 Å². The van der Waals surface area contributed by atoms with Gasteiger partial charge in [0, 0.05) is 12.6 Å². The maximum absolute atomic E-state index is 5.93. The summed E-state index contributed by atoms with van der Waals surface area (Å²) in [5.74, 6) is 2.32. The average Bonchev–Trinajstić information content (AvgIpc) is 3.31. The lowest BCUT2D eigenvalue weighted by molar-refractivity contribution is 0.378. The molecule has 0 aromatic heterocycles. The van der Waals surface area contributed by atoms with E-state index in [9.17, 15) is 0 Å². The highest BCUT2D eigenvalue weighted by atomic mass is 16.5. The van der Waals surface area contributed by atoms with E-state index >= 15 is 0 Å². The molecule has 0 heterocycles. The molecule has 0 radical (unpaired) electrons. The Morgan fingerprint density at radius 1 is 1.10 bits per heavy atom. The molecule has 2 aromatic carbocycles. The maximum atomic E-state index is 5.93. The van der Waals surface area contributed by atoms with Crippen LogP contribution in [0, 0.1) is 6.92 Å². The van der Waals surface area contributed by atoms with Crippen molar-refractivity contribution in [3.05, 3.63) is 53.6 Å². The molecule has 1 aliphatic rings. The molecule has 21 heavy (non-hydrogen) atoms. The van der Waals surface area contributed by atoms with Crippen molar-refractivity contribution in [2.45, 2.75) is 32.4 Å². The van der Waals surface area contributed by atoms with Crippen LogP contribution in [0.4, 0.5) is 0 Å². The Balaban J connectivity index is 1.71. The van der Waals surface area contributed by atoms with Crippen molar-refractivity contribution in [1.29, 1.82) is 0 Å². The number of ether oxygens (including phenoxy) is 2. The SMILES string of the molecule is COc1ccccc1Oc1ccc(CNC2CC2)c(C)c1. The highest BCUT2D eigenvalue weighted by Crippen LogP contribution is 2.31. The zero-order valence-corrected chi connectivity index (χ0v) is 12.6. The summed E-state index contributed by atoms with van der Waals surface area (Å²) in [5, 5.41) is 3.54. The summed E-state index contributed by atoms with van der Waals surface area (Å²) >= 11 is 0. The minimum Gasteiger partial charge on any atom is -0.493 e. The zero-order valence-electron chi connectivity index (χ0n) is 12.6. The second-order valence-electron chi connectivity index (χ2n) is 5.50. The first kappa shape index (κ1) is 14.0. The molecule has 2 aromatic rings. The molecule has 3 nitrogen and oxygen atoms in total. The van der Waals surface area contributed by atoms with Gasteiger partial charge in [0.1, 0.15) is 5.75 Å². The van der Waals surface area contributed by atoms with Crippen LogP contribution in [-0.4, -0.2) is 13.2 Å². The summed E-state index contributed by atoms with van der Waals surface area (Å²) in [5.41, 5.74) is 2.57. The summed E-state index contributed by atoms with van der Waals surface area (Å²) < 4.78 is 11.2. The van der Waals surface area contributed by atoms with E-state index in [4.69, 9.17) is 9.47 Å². The van der Waals surface area contributed by atoms with E-state index in [0.29, 0.717) is 0 Å². The summed E-state index contributed by atoms with van der Waals surface area (Å²) in [7, 11) is 1.65. The molecule has 1 saturated carbocycles. The third-order valence-corrected chi connectivity index (χ3v) is 3.77. The third kappa shape index (κ3) is 3.56. The van der Waals surface area contributed by atoms with Gasteiger partial charge in [0.25, 0.3) is 0 Å². The molecule has 110 valence electrons. The van der Waals surface area contributed by atoms with Gasteiger partial charge in [-0.05, 0) is 55.2 Å². The molecule has 1 N–H and O–H groups in total. The minimum absolute atomic E-state index is 0.730. The van der Waals surface area contributed by atoms with Crippen LogP contribution in [-0.2, 0) is 6.54 Å². The van der Waals surface area contributed by atoms with Crippen LogP contribution in [0.1, 0.15) is 24.0 Å². The number of benzene rings is 2. The van der Waals surface area contributed by atoms with Crippen LogP contribution in [0.5, 0.6) is 17.2 Å². The first-order valence-corrected chi connectivity index (χ1v) is 7.40. The molecule has 0 saturated heterocycles. The van der Waals surface area contributed by atoms with Crippen molar-refractivity contribution >= 4 is 0 Å². The normalized spacial score (nSPS) is 14.0. The van der Waals surface area contributed by atoms with Gasteiger partial charge in [-0.3, -0.25) is 0 Å². The van der Waals surface area contributed by atoms with Crippen molar-refractivity contribution in [3.8, 4) is 17.2 Å². The minimum atomic E-state index is 0.730. The Hall–Kier alpha value is -2.00. The van der Waals surface area contributed by atoms with E-state index < -0.39 is 0 Å². The Labute approximate surface area is 125 Å². The monoisotopic (exact) mass is 283 g/mol. The van der Waals surface area contributed by atoms with Crippen LogP contribution in [0.15, 0.2) is 42.5 Å². The standard InChI is InChI=1S/C18H21NO2/c1-13-11-16(10-7-14(13)12-19-15-8-9-15)21-18-6-4-3-5-17(18)20-2/h3-7,10-11,15,19H,8-9,12H2,1-2H3. The molecule has 3 rings (SSSR count). The molecular weight excluding hydrogens is 262 g/mol. The second-order valence-corrected chi connectivity index (χ2v) is 5.50. The van der Waals surface area contributed by atoms with Crippen molar-refractivity contribution < 1.29 is 9.47 Å². The highest BCUT2D eigenvalue weighted by Gasteiger charge is 2.20. The smallest absolute Gasteiger partial charge is 0.169 e. The number of methoxy groups -OCH3 is 1. The van der Waals surface area contributed by atoms with E-state index in [0.717, 1.165) is 29.8 Å². The van der Waals surface area contributed by atoms with Gasteiger partial charge in [-0.25, -0.2) is 0 Å². The topological polar surface area (TPSA) is 30.5 Å². The fourth-order valence-corrected chi connectivity index (χ4v) is 2.30. The van der Waals surface area contributed by atoms with Gasteiger partial charge in [0.15, 0.2) is 11.5 Å². The average molecular weight is 283 g/mol. The predicted molar refractivity (Wildman–Crippen MR) is 84.1 cm³/mol. The van der Waals surface area contributed by atoms with Crippen LogP contribution in [0.3, 0.4) is 0 Å². The molecule has 0 aliphatic heterocycles. The van der Waals surface area contributed by atoms with Crippen LogP contribution in [0.2, 0.25) is 0 Å². The van der Waals surface area contributed by atoms with Crippen molar-refractivity contribution in [2.75, 3.05) is 7.11 Å². The lowest BCUT2D eigenvalue weighted by atomic mass is 10.1. The number of aryl methyl sites for hydroxylation is 1. The summed E-state index contributed by atoms with van der Waals surface area (Å²) in [4.78, 5) is 0. The van der Waals surface area contributed by atoms with E-state index in [-0.39, 0.29) is 0 Å². The number of hydrogen-bond acceptors (Lipinski definition) is 3. The van der Waals surface area contributed by atoms with Crippen molar-refractivity contribution in [3.63, 3.8) is 0 Å². The number of rotatable bonds is 6. The molecule has 3 heteroatoms. The van der Waals surface area contributed by atoms with Gasteiger partial charge in [-0.1, -0.05) is 18.2 Å². The summed E-state index contributed by atoms with van der Waals surface area (Å²) in [6.07, 6.45) is 2.63. The summed E-state index contributed by atoms with van der Waals surface area (Å²) in [6.45, 7) is 3.06. The molecule has 0 unspecified atom stereocenters. The van der Waals surface area contributed by atoms with E-state index in [1.807, 2.05) is 30.3 Å². The number of nitrogens with one attached hydrogen (secondary N) is 1. The van der Waals surface area contributed by atoms with Crippen LogP contribution >= 0.6 is 0 Å². The van der Waals surface area contributed by atoms with E-state index in [1.54, 1.807) is 7.11 Å².